The minimum absolute atomic E-state index is 0.0200. The highest BCUT2D eigenvalue weighted by Gasteiger charge is 2.39. The lowest BCUT2D eigenvalue weighted by atomic mass is 9.93. The zero-order valence-corrected chi connectivity index (χ0v) is 17.2. The van der Waals surface area contributed by atoms with Gasteiger partial charge in [0.2, 0.25) is 10.0 Å². The maximum absolute atomic E-state index is 12.3. The second kappa shape index (κ2) is 7.80. The third-order valence-corrected chi connectivity index (χ3v) is 7.26. The lowest BCUT2D eigenvalue weighted by Crippen LogP contribution is -2.35. The quantitative estimate of drug-likeness (QED) is 0.583. The van der Waals surface area contributed by atoms with Crippen LogP contribution < -0.4 is 4.72 Å². The summed E-state index contributed by atoms with van der Waals surface area (Å²) in [6.07, 6.45) is -0.537. The standard InChI is InChI=1S/C18H23F3N6O2S/c1-2-11-8-12(26-30(28,29)7-3-5-18(19,20)21)9-13(11)17-25-24-15-10-23-16-14(27(15)17)4-6-22-16/h4,6,10-13,22,26H,2-3,5,7-9H2,1H3/t11-,12+,13+/m1/s1. The molecule has 1 aliphatic rings. The van der Waals surface area contributed by atoms with Crippen molar-refractivity contribution < 1.29 is 21.6 Å². The summed E-state index contributed by atoms with van der Waals surface area (Å²) in [5, 5.41) is 8.59. The van der Waals surface area contributed by atoms with Crippen LogP contribution in [0.15, 0.2) is 18.5 Å². The van der Waals surface area contributed by atoms with E-state index in [1.807, 2.05) is 17.4 Å². The van der Waals surface area contributed by atoms with Crippen molar-refractivity contribution in [3.63, 3.8) is 0 Å². The second-order valence-electron chi connectivity index (χ2n) is 7.82. The Kier molecular flexibility index (Phi) is 5.47. The van der Waals surface area contributed by atoms with Gasteiger partial charge in [-0.2, -0.15) is 13.2 Å². The summed E-state index contributed by atoms with van der Waals surface area (Å²) in [5.41, 5.74) is 2.16. The number of nitrogens with one attached hydrogen (secondary N) is 2. The van der Waals surface area contributed by atoms with E-state index >= 15 is 0 Å². The number of rotatable bonds is 7. The van der Waals surface area contributed by atoms with Crippen LogP contribution in [0.25, 0.3) is 16.8 Å². The maximum Gasteiger partial charge on any atom is 0.389 e. The molecule has 12 heteroatoms. The molecule has 1 saturated carbocycles. The van der Waals surface area contributed by atoms with Gasteiger partial charge in [0.15, 0.2) is 11.3 Å². The van der Waals surface area contributed by atoms with Gasteiger partial charge < -0.3 is 4.98 Å². The van der Waals surface area contributed by atoms with Crippen molar-refractivity contribution in [3.05, 3.63) is 24.3 Å². The monoisotopic (exact) mass is 444 g/mol. The fourth-order valence-electron chi connectivity index (χ4n) is 4.40. The van der Waals surface area contributed by atoms with E-state index in [0.29, 0.717) is 24.1 Å². The Labute approximate surface area is 171 Å². The number of hydrogen-bond acceptors (Lipinski definition) is 5. The number of alkyl halides is 3. The van der Waals surface area contributed by atoms with Crippen molar-refractivity contribution in [2.45, 2.75) is 57.2 Å². The summed E-state index contributed by atoms with van der Waals surface area (Å²) < 4.78 is 66.1. The van der Waals surface area contributed by atoms with Gasteiger partial charge >= 0.3 is 6.18 Å². The molecule has 0 aliphatic heterocycles. The van der Waals surface area contributed by atoms with Crippen molar-refractivity contribution in [1.82, 2.24) is 29.3 Å². The van der Waals surface area contributed by atoms with E-state index in [2.05, 4.69) is 24.9 Å². The van der Waals surface area contributed by atoms with Crippen LogP contribution in [0.4, 0.5) is 13.2 Å². The van der Waals surface area contributed by atoms with Gasteiger partial charge in [-0.05, 0) is 31.2 Å². The highest BCUT2D eigenvalue weighted by molar-refractivity contribution is 7.89. The van der Waals surface area contributed by atoms with Crippen LogP contribution in [0.5, 0.6) is 0 Å². The zero-order chi connectivity index (χ0) is 21.5. The van der Waals surface area contributed by atoms with E-state index in [1.165, 1.54) is 0 Å². The predicted molar refractivity (Wildman–Crippen MR) is 104 cm³/mol. The van der Waals surface area contributed by atoms with Crippen molar-refractivity contribution in [3.8, 4) is 0 Å². The fourth-order valence-corrected chi connectivity index (χ4v) is 5.74. The Hall–Kier alpha value is -2.21. The maximum atomic E-state index is 12.3. The number of halogens is 3. The fraction of sp³-hybridized carbons (Fsp3) is 0.611. The molecule has 164 valence electrons. The summed E-state index contributed by atoms with van der Waals surface area (Å²) in [4.78, 5) is 7.36. The summed E-state index contributed by atoms with van der Waals surface area (Å²) in [6.45, 7) is 2.04. The SMILES string of the molecule is CC[C@@H]1C[C@H](NS(=O)(=O)CCCC(F)(F)F)C[C@@H]1c1nnc2cnc3[nH]ccc3n12. The van der Waals surface area contributed by atoms with Gasteiger partial charge in [-0.25, -0.2) is 18.1 Å². The third kappa shape index (κ3) is 4.29. The molecule has 1 aliphatic carbocycles. The number of hydrogen-bond donors (Lipinski definition) is 2. The van der Waals surface area contributed by atoms with E-state index in [1.54, 1.807) is 12.4 Å². The summed E-state index contributed by atoms with van der Waals surface area (Å²) in [5.74, 6) is 0.381. The molecular formula is C18H23F3N6O2S. The summed E-state index contributed by atoms with van der Waals surface area (Å²) in [7, 11) is -3.79. The largest absolute Gasteiger partial charge is 0.389 e. The molecule has 0 radical (unpaired) electrons. The number of sulfonamides is 1. The summed E-state index contributed by atoms with van der Waals surface area (Å²) >= 11 is 0. The highest BCUT2D eigenvalue weighted by atomic mass is 32.2. The number of H-pyrrole nitrogens is 1. The van der Waals surface area contributed by atoms with Crippen LogP contribution in [0.3, 0.4) is 0 Å². The second-order valence-corrected chi connectivity index (χ2v) is 9.69. The van der Waals surface area contributed by atoms with Crippen LogP contribution in [0, 0.1) is 5.92 Å². The topological polar surface area (TPSA) is 105 Å². The number of fused-ring (bicyclic) bond motifs is 3. The number of aromatic nitrogens is 5. The normalized spacial score (nSPS) is 23.0. The van der Waals surface area contributed by atoms with E-state index in [0.717, 1.165) is 17.8 Å². The van der Waals surface area contributed by atoms with Gasteiger partial charge in [0.25, 0.3) is 0 Å². The van der Waals surface area contributed by atoms with E-state index < -0.39 is 34.8 Å². The van der Waals surface area contributed by atoms with Gasteiger partial charge in [-0.15, -0.1) is 10.2 Å². The average molecular weight is 444 g/mol. The zero-order valence-electron chi connectivity index (χ0n) is 16.4. The number of aromatic amines is 1. The molecule has 0 unspecified atom stereocenters. The minimum Gasteiger partial charge on any atom is -0.345 e. The van der Waals surface area contributed by atoms with Gasteiger partial charge in [-0.1, -0.05) is 13.3 Å². The first-order valence-corrected chi connectivity index (χ1v) is 11.6. The van der Waals surface area contributed by atoms with Gasteiger partial charge in [0.1, 0.15) is 5.82 Å². The Morgan fingerprint density at radius 2 is 2.10 bits per heavy atom. The number of nitrogens with zero attached hydrogens (tertiary/aromatic N) is 4. The van der Waals surface area contributed by atoms with Crippen LogP contribution in [-0.2, 0) is 10.0 Å². The van der Waals surface area contributed by atoms with Crippen molar-refractivity contribution in [1.29, 1.82) is 0 Å². The molecule has 3 atom stereocenters. The molecule has 4 rings (SSSR count). The van der Waals surface area contributed by atoms with Gasteiger partial charge in [0.05, 0.1) is 17.5 Å². The van der Waals surface area contributed by atoms with Crippen molar-refractivity contribution >= 4 is 26.8 Å². The Morgan fingerprint density at radius 3 is 2.83 bits per heavy atom. The van der Waals surface area contributed by atoms with Crippen molar-refractivity contribution in [2.24, 2.45) is 5.92 Å². The average Bonchev–Trinajstić information content (AvgIpc) is 3.36. The molecule has 0 amide bonds. The summed E-state index contributed by atoms with van der Waals surface area (Å²) in [6, 6.07) is 1.55. The molecule has 0 bridgehead atoms. The molecule has 3 aromatic heterocycles. The molecular weight excluding hydrogens is 421 g/mol. The first-order chi connectivity index (χ1) is 14.2. The molecule has 0 aromatic carbocycles. The molecule has 1 fully saturated rings. The predicted octanol–water partition coefficient (Wildman–Crippen LogP) is 3.14. The van der Waals surface area contributed by atoms with E-state index in [4.69, 9.17) is 0 Å². The molecule has 8 nitrogen and oxygen atoms in total. The van der Waals surface area contributed by atoms with Gasteiger partial charge in [0, 0.05) is 24.6 Å². The lowest BCUT2D eigenvalue weighted by molar-refractivity contribution is -0.134. The van der Waals surface area contributed by atoms with Crippen LogP contribution in [0.2, 0.25) is 0 Å². The Bertz CT molecular complexity index is 1140. The molecule has 0 saturated heterocycles. The van der Waals surface area contributed by atoms with Gasteiger partial charge in [-0.3, -0.25) is 4.40 Å². The Morgan fingerprint density at radius 1 is 1.30 bits per heavy atom. The Balaban J connectivity index is 1.52. The molecule has 30 heavy (non-hydrogen) atoms. The molecule has 3 heterocycles. The molecule has 0 spiro atoms. The van der Waals surface area contributed by atoms with Crippen LogP contribution >= 0.6 is 0 Å². The smallest absolute Gasteiger partial charge is 0.345 e. The van der Waals surface area contributed by atoms with Crippen LogP contribution in [0.1, 0.15) is 50.8 Å². The third-order valence-electron chi connectivity index (χ3n) is 5.74. The van der Waals surface area contributed by atoms with Crippen LogP contribution in [-0.4, -0.2) is 51.0 Å². The molecule has 3 aromatic rings. The highest BCUT2D eigenvalue weighted by Crippen LogP contribution is 2.41. The first-order valence-electron chi connectivity index (χ1n) is 9.90. The minimum atomic E-state index is -4.35. The van der Waals surface area contributed by atoms with E-state index in [-0.39, 0.29) is 17.9 Å². The molecule has 2 N–H and O–H groups in total. The first kappa shape index (κ1) is 21.0. The van der Waals surface area contributed by atoms with Crippen molar-refractivity contribution in [2.75, 3.05) is 5.75 Å². The van der Waals surface area contributed by atoms with E-state index in [9.17, 15) is 21.6 Å². The lowest BCUT2D eigenvalue weighted by Gasteiger charge is -2.16.